The minimum atomic E-state index is -1.23. The number of aliphatic carboxylic acids is 1. The predicted octanol–water partition coefficient (Wildman–Crippen LogP) is -3.42. The zero-order valence-electron chi connectivity index (χ0n) is 7.24. The molecule has 0 aromatic heterocycles. The number of carboxylic acids is 1. The molecule has 0 saturated heterocycles. The number of carbonyl (C=O) groups excluding carboxylic acids is 2. The second kappa shape index (κ2) is 8.37. The Kier molecular flexibility index (Phi) is 9.82. The van der Waals surface area contributed by atoms with Crippen LogP contribution in [-0.4, -0.2) is 17.0 Å². The largest absolute Gasteiger partial charge is 1.00 e. The average Bonchev–Trinajstić information content (AvgIpc) is 2.00. The fourth-order valence-corrected chi connectivity index (χ4v) is 0.593. The van der Waals surface area contributed by atoms with Crippen LogP contribution in [0.4, 0.5) is 0 Å². The molecule has 0 saturated carbocycles. The Morgan fingerprint density at radius 1 is 1.46 bits per heavy atom. The van der Waals surface area contributed by atoms with Gasteiger partial charge in [0.25, 0.3) is 0 Å². The van der Waals surface area contributed by atoms with Crippen LogP contribution in [0.1, 0.15) is 12.8 Å². The second-order valence-electron chi connectivity index (χ2n) is 1.87. The van der Waals surface area contributed by atoms with Gasteiger partial charge >= 0.3 is 35.5 Å². The molecule has 0 aliphatic carbocycles. The number of esters is 1. The fourth-order valence-electron chi connectivity index (χ4n) is 0.409. The van der Waals surface area contributed by atoms with E-state index < -0.39 is 11.9 Å². The third kappa shape index (κ3) is 9.69. The van der Waals surface area contributed by atoms with Gasteiger partial charge in [-0.25, -0.2) is 4.79 Å². The molecule has 13 heavy (non-hydrogen) atoms. The first-order valence-corrected chi connectivity index (χ1v) is 3.54. The van der Waals surface area contributed by atoms with Crippen molar-refractivity contribution in [3.05, 3.63) is 12.7 Å². The number of carboxylic acid groups (broad SMARTS) is 1. The first-order chi connectivity index (χ1) is 5.56. The van der Waals surface area contributed by atoms with Crippen molar-refractivity contribution < 1.29 is 49.0 Å². The Morgan fingerprint density at radius 2 is 2.00 bits per heavy atom. The molecule has 0 bridgehead atoms. The van der Waals surface area contributed by atoms with Crippen LogP contribution < -0.4 is 34.7 Å². The summed E-state index contributed by atoms with van der Waals surface area (Å²) in [5.41, 5.74) is 0. The van der Waals surface area contributed by atoms with Crippen LogP contribution in [-0.2, 0) is 14.3 Å². The van der Waals surface area contributed by atoms with Crippen LogP contribution in [0, 0.1) is 0 Å². The molecule has 0 aliphatic heterocycles. The third-order valence-electron chi connectivity index (χ3n) is 0.914. The number of rotatable bonds is 4. The molecule has 0 unspecified atom stereocenters. The van der Waals surface area contributed by atoms with Gasteiger partial charge in [0, 0.05) is 18.5 Å². The maximum Gasteiger partial charge on any atom is 1.00 e. The van der Waals surface area contributed by atoms with E-state index in [4.69, 9.17) is 0 Å². The van der Waals surface area contributed by atoms with E-state index in [1.54, 1.807) is 0 Å². The average molecular weight is 210 g/mol. The molecule has 0 atom stereocenters. The molecule has 0 heterocycles. The van der Waals surface area contributed by atoms with Crippen LogP contribution in [0.2, 0.25) is 0 Å². The summed E-state index contributed by atoms with van der Waals surface area (Å²) >= 11 is 4.53. The predicted molar refractivity (Wildman–Crippen MR) is 43.1 cm³/mol. The van der Waals surface area contributed by atoms with Crippen LogP contribution in [0.5, 0.6) is 0 Å². The van der Waals surface area contributed by atoms with Gasteiger partial charge in [-0.1, -0.05) is 6.58 Å². The number of ether oxygens (including phenoxy) is 1. The zero-order valence-corrected chi connectivity index (χ0v) is 10.1. The molecule has 0 spiro atoms. The van der Waals surface area contributed by atoms with Gasteiger partial charge in [-0.05, 0) is 18.6 Å². The van der Waals surface area contributed by atoms with Gasteiger partial charge in [0.2, 0.25) is 0 Å². The summed E-state index contributed by atoms with van der Waals surface area (Å²) in [6.07, 6.45) is 0.700. The number of hydrogen-bond acceptors (Lipinski definition) is 5. The standard InChI is InChI=1S/C7H8O4S.Na/c1-2-6(10)11-7(12)4-3-5(8)9;/h2H,1,3-4H2,(H,8,9);/q;+1/p-1. The quantitative estimate of drug-likeness (QED) is 0.209. The monoisotopic (exact) mass is 210 g/mol. The van der Waals surface area contributed by atoms with Crippen LogP contribution >= 0.6 is 12.2 Å². The first kappa shape index (κ1) is 15.3. The normalized spacial score (nSPS) is 8.00. The van der Waals surface area contributed by atoms with Crippen LogP contribution in [0.25, 0.3) is 0 Å². The Morgan fingerprint density at radius 3 is 2.38 bits per heavy atom. The number of thiocarbonyl (C=S) groups is 1. The Balaban J connectivity index is 0. The summed E-state index contributed by atoms with van der Waals surface area (Å²) in [4.78, 5) is 20.4. The van der Waals surface area contributed by atoms with Crippen molar-refractivity contribution in [1.29, 1.82) is 0 Å². The molecule has 0 aliphatic rings. The molecule has 0 fully saturated rings. The molecule has 0 aromatic carbocycles. The third-order valence-corrected chi connectivity index (χ3v) is 1.20. The Labute approximate surface area is 103 Å². The molecule has 0 amide bonds. The van der Waals surface area contributed by atoms with E-state index in [1.807, 2.05) is 0 Å². The van der Waals surface area contributed by atoms with E-state index in [0.717, 1.165) is 6.08 Å². The summed E-state index contributed by atoms with van der Waals surface area (Å²) in [7, 11) is 0. The van der Waals surface area contributed by atoms with Gasteiger partial charge in [-0.2, -0.15) is 0 Å². The van der Waals surface area contributed by atoms with E-state index in [2.05, 4.69) is 23.5 Å². The molecule has 66 valence electrons. The number of hydrogen-bond donors (Lipinski definition) is 0. The molecule has 4 nitrogen and oxygen atoms in total. The van der Waals surface area contributed by atoms with Crippen LogP contribution in [0.15, 0.2) is 12.7 Å². The Bertz CT molecular complexity index is 227. The van der Waals surface area contributed by atoms with Crippen molar-refractivity contribution in [3.63, 3.8) is 0 Å². The smallest absolute Gasteiger partial charge is 0.550 e. The van der Waals surface area contributed by atoms with Crippen LogP contribution in [0.3, 0.4) is 0 Å². The maximum atomic E-state index is 10.5. The molecule has 0 N–H and O–H groups in total. The van der Waals surface area contributed by atoms with Gasteiger partial charge in [0.1, 0.15) is 0 Å². The summed E-state index contributed by atoms with van der Waals surface area (Å²) in [5, 5.41) is 9.86. The minimum absolute atomic E-state index is 0. The van der Waals surface area contributed by atoms with Crippen molar-refractivity contribution in [2.45, 2.75) is 12.8 Å². The zero-order chi connectivity index (χ0) is 9.56. The van der Waals surface area contributed by atoms with Gasteiger partial charge in [-0.15, -0.1) is 0 Å². The SMILES string of the molecule is C=CC(=O)OC(=S)CCC(=O)[O-].[Na+]. The van der Waals surface area contributed by atoms with Gasteiger partial charge < -0.3 is 14.6 Å². The molecular weight excluding hydrogens is 203 g/mol. The second-order valence-corrected chi connectivity index (χ2v) is 2.32. The van der Waals surface area contributed by atoms with E-state index in [0.29, 0.717) is 0 Å². The molecule has 0 aromatic rings. The Hall–Kier alpha value is -0.230. The van der Waals surface area contributed by atoms with E-state index in [1.165, 1.54) is 0 Å². The van der Waals surface area contributed by atoms with Crippen molar-refractivity contribution in [2.24, 2.45) is 0 Å². The summed E-state index contributed by atoms with van der Waals surface area (Å²) in [5.74, 6) is -1.91. The maximum absolute atomic E-state index is 10.5. The fraction of sp³-hybridized carbons (Fsp3) is 0.286. The van der Waals surface area contributed by atoms with E-state index in [-0.39, 0.29) is 47.4 Å². The summed E-state index contributed by atoms with van der Waals surface area (Å²) in [6, 6.07) is 0. The van der Waals surface area contributed by atoms with Gasteiger partial charge in [0.05, 0.1) is 0 Å². The molecular formula is C7H7NaO4S. The topological polar surface area (TPSA) is 66.4 Å². The molecule has 6 heteroatoms. The van der Waals surface area contributed by atoms with E-state index in [9.17, 15) is 14.7 Å². The number of carbonyl (C=O) groups is 2. The van der Waals surface area contributed by atoms with Crippen molar-refractivity contribution in [3.8, 4) is 0 Å². The molecule has 0 rings (SSSR count). The van der Waals surface area contributed by atoms with Crippen molar-refractivity contribution in [1.82, 2.24) is 0 Å². The van der Waals surface area contributed by atoms with Crippen molar-refractivity contribution in [2.75, 3.05) is 0 Å². The van der Waals surface area contributed by atoms with Gasteiger partial charge in [0.15, 0.2) is 5.05 Å². The van der Waals surface area contributed by atoms with E-state index >= 15 is 0 Å². The first-order valence-electron chi connectivity index (χ1n) is 3.13. The minimum Gasteiger partial charge on any atom is -0.550 e. The summed E-state index contributed by atoms with van der Waals surface area (Å²) in [6.45, 7) is 3.15. The van der Waals surface area contributed by atoms with Crippen molar-refractivity contribution >= 4 is 29.2 Å². The van der Waals surface area contributed by atoms with Gasteiger partial charge in [-0.3, -0.25) is 0 Å². The summed E-state index contributed by atoms with van der Waals surface area (Å²) < 4.78 is 4.43. The molecule has 0 radical (unpaired) electrons.